The van der Waals surface area contributed by atoms with Crippen molar-refractivity contribution in [3.63, 3.8) is 0 Å². The van der Waals surface area contributed by atoms with Gasteiger partial charge >= 0.3 is 0 Å². The maximum absolute atomic E-state index is 13.7. The smallest absolute Gasteiger partial charge is 0.297 e. The maximum atomic E-state index is 13.7. The molecular formula is C51H48Cl2N6O12S6. The fourth-order valence-electron chi connectivity index (χ4n) is 8.93. The Bertz CT molecular complexity index is 3710. The van der Waals surface area contributed by atoms with E-state index in [1.54, 1.807) is 78.0 Å². The Morgan fingerprint density at radius 2 is 1.14 bits per heavy atom. The summed E-state index contributed by atoms with van der Waals surface area (Å²) in [6.07, 6.45) is 2.39. The molecule has 18 nitrogen and oxygen atoms in total. The molecule has 5 aromatic carbocycles. The van der Waals surface area contributed by atoms with Gasteiger partial charge in [-0.15, -0.1) is 26.4 Å². The van der Waals surface area contributed by atoms with Gasteiger partial charge in [-0.25, -0.2) is 18.4 Å². The number of morpholine rings is 1. The standard InChI is InChI=1S/C27H25N3O8S4.C24H23Cl2N3O4S2/c1-19-3-9-22(10-4-19)40(32,33)30(27-28-16-18-39-27)41(34,35)23-13-7-21(8-14-23)29-17-15-25(26(29)31)38-42(36,37)24-11-5-20(2)6-12-24;25-17-11-16(12-18(26)13-17)22-14-33-9-8-29(22)21-5-7-28(24(21)30)19-1-3-20(4-2-19)35(31,32)15-23-27-6-10-34-23/h3-14,16,18,25H,15,17H2,1-2H3;1-4,6,10-13,21-22H,5,7-9,14-15H2/t25-;21-,22?/m10/s1. The SMILES string of the molecule is Cc1ccc(S(=O)(=O)O[C@@H]2CCN(c3ccc(S(=O)(=O)N(c4nccs4)S(=O)(=O)c4ccc(C)cc4)cc3)C2=O)cc1.O=C1[C@@H](N2CCOCC2c2cc(Cl)cc(Cl)c2)CCN1c1ccc(S(=O)(=O)Cc2nccs2)cc1. The number of aromatic nitrogens is 2. The topological polar surface area (TPSA) is 228 Å². The lowest BCUT2D eigenvalue weighted by Gasteiger charge is -2.39. The molecule has 0 radical (unpaired) electrons. The van der Waals surface area contributed by atoms with Crippen molar-refractivity contribution in [2.24, 2.45) is 0 Å². The molecule has 404 valence electrons. The molecule has 0 spiro atoms. The number of hydrogen-bond donors (Lipinski definition) is 0. The normalized spacial score (nSPS) is 18.6. The van der Waals surface area contributed by atoms with Crippen molar-refractivity contribution in [1.29, 1.82) is 0 Å². The van der Waals surface area contributed by atoms with Gasteiger partial charge in [-0.1, -0.05) is 58.6 Å². The lowest BCUT2D eigenvalue weighted by atomic mass is 10.0. The van der Waals surface area contributed by atoms with Gasteiger partial charge < -0.3 is 14.5 Å². The molecule has 3 aliphatic heterocycles. The number of sulfonamides is 2. The van der Waals surface area contributed by atoms with Crippen LogP contribution >= 0.6 is 45.9 Å². The van der Waals surface area contributed by atoms with Crippen LogP contribution in [0.15, 0.2) is 158 Å². The summed E-state index contributed by atoms with van der Waals surface area (Å²) in [7, 11) is -17.0. The lowest BCUT2D eigenvalue weighted by molar-refractivity contribution is -0.125. The number of rotatable bonds is 15. The summed E-state index contributed by atoms with van der Waals surface area (Å²) in [5.41, 5.74) is 3.56. The van der Waals surface area contributed by atoms with Crippen molar-refractivity contribution in [2.45, 2.75) is 70.2 Å². The molecule has 2 amide bonds. The second kappa shape index (κ2) is 23.0. The number of ether oxygens (including phenoxy) is 1. The van der Waals surface area contributed by atoms with Crippen LogP contribution in [0.2, 0.25) is 10.0 Å². The second-order valence-corrected chi connectivity index (χ2v) is 28.1. The van der Waals surface area contributed by atoms with E-state index >= 15 is 0 Å². The van der Waals surface area contributed by atoms with Crippen molar-refractivity contribution in [3.8, 4) is 0 Å². The van der Waals surface area contributed by atoms with E-state index in [9.17, 15) is 43.3 Å². The summed E-state index contributed by atoms with van der Waals surface area (Å²) in [5, 5.41) is 4.59. The van der Waals surface area contributed by atoms with Gasteiger partial charge in [-0.05, 0) is 117 Å². The Labute approximate surface area is 464 Å². The molecule has 3 fully saturated rings. The quantitative estimate of drug-likeness (QED) is 0.0877. The van der Waals surface area contributed by atoms with Gasteiger partial charge in [0, 0.05) is 70.6 Å². The van der Waals surface area contributed by atoms with Crippen LogP contribution in [0.4, 0.5) is 16.5 Å². The number of thiazole rings is 2. The van der Waals surface area contributed by atoms with Crippen molar-refractivity contribution >= 4 is 114 Å². The van der Waals surface area contributed by atoms with Crippen molar-refractivity contribution in [3.05, 3.63) is 170 Å². The third-order valence-corrected chi connectivity index (χ3v) is 22.3. The first-order valence-electron chi connectivity index (χ1n) is 23.6. The number of nitrogens with zero attached hydrogens (tertiary/aromatic N) is 6. The molecule has 5 heterocycles. The molecule has 26 heteroatoms. The molecule has 3 aliphatic rings. The highest BCUT2D eigenvalue weighted by Gasteiger charge is 2.43. The highest BCUT2D eigenvalue weighted by molar-refractivity contribution is 8.10. The van der Waals surface area contributed by atoms with Gasteiger partial charge in [0.05, 0.1) is 44.9 Å². The minimum absolute atomic E-state index is 0.0107. The predicted molar refractivity (Wildman–Crippen MR) is 294 cm³/mol. The summed E-state index contributed by atoms with van der Waals surface area (Å²) in [4.78, 5) is 39.3. The van der Waals surface area contributed by atoms with Gasteiger partial charge in [-0.2, -0.15) is 25.3 Å². The van der Waals surface area contributed by atoms with Crippen LogP contribution in [-0.4, -0.2) is 105 Å². The van der Waals surface area contributed by atoms with E-state index in [1.165, 1.54) is 76.3 Å². The summed E-state index contributed by atoms with van der Waals surface area (Å²) in [6.45, 7) is 5.88. The van der Waals surface area contributed by atoms with Crippen molar-refractivity contribution in [1.82, 2.24) is 14.9 Å². The van der Waals surface area contributed by atoms with E-state index in [4.69, 9.17) is 32.1 Å². The van der Waals surface area contributed by atoms with Crippen molar-refractivity contribution in [2.75, 3.05) is 46.4 Å². The number of amides is 2. The van der Waals surface area contributed by atoms with Crippen LogP contribution in [0.1, 0.15) is 40.6 Å². The molecule has 0 saturated carbocycles. The molecule has 10 rings (SSSR count). The van der Waals surface area contributed by atoms with E-state index in [1.807, 2.05) is 19.1 Å². The Balaban J connectivity index is 0.000000191. The lowest BCUT2D eigenvalue weighted by Crippen LogP contribution is -2.49. The fraction of sp³-hybridized carbons (Fsp3) is 0.255. The predicted octanol–water partition coefficient (Wildman–Crippen LogP) is 8.46. The molecule has 7 aromatic rings. The molecule has 77 heavy (non-hydrogen) atoms. The summed E-state index contributed by atoms with van der Waals surface area (Å²) in [5.74, 6) is -0.753. The van der Waals surface area contributed by atoms with E-state index in [2.05, 4.69) is 14.9 Å². The van der Waals surface area contributed by atoms with E-state index in [0.29, 0.717) is 62.9 Å². The fourth-order valence-corrected chi connectivity index (χ4v) is 17.5. The molecule has 0 bridgehead atoms. The van der Waals surface area contributed by atoms with Gasteiger partial charge in [0.15, 0.2) is 15.9 Å². The number of hydrogen-bond acceptors (Lipinski definition) is 17. The van der Waals surface area contributed by atoms with E-state index in [0.717, 1.165) is 28.0 Å². The molecule has 0 aliphatic carbocycles. The molecule has 2 aromatic heterocycles. The summed E-state index contributed by atoms with van der Waals surface area (Å²) >= 11 is 14.6. The first-order valence-corrected chi connectivity index (χ1v) is 32.1. The summed E-state index contributed by atoms with van der Waals surface area (Å²) in [6, 6.07) is 28.3. The van der Waals surface area contributed by atoms with E-state index in [-0.39, 0.29) is 61.4 Å². The first-order chi connectivity index (χ1) is 36.6. The van der Waals surface area contributed by atoms with Crippen LogP contribution in [0, 0.1) is 13.8 Å². The maximum Gasteiger partial charge on any atom is 0.297 e. The number of halogens is 2. The van der Waals surface area contributed by atoms with Crippen LogP contribution < -0.4 is 13.5 Å². The number of benzene rings is 5. The van der Waals surface area contributed by atoms with Crippen LogP contribution in [0.3, 0.4) is 0 Å². The van der Waals surface area contributed by atoms with Gasteiger partial charge in [0.1, 0.15) is 10.8 Å². The van der Waals surface area contributed by atoms with Gasteiger partial charge in [0.25, 0.3) is 36.1 Å². The highest BCUT2D eigenvalue weighted by Crippen LogP contribution is 2.37. The molecular weight excluding hydrogens is 1150 g/mol. The number of anilines is 3. The third kappa shape index (κ3) is 12.3. The molecule has 3 saturated heterocycles. The zero-order valence-electron chi connectivity index (χ0n) is 41.0. The zero-order chi connectivity index (χ0) is 54.9. The number of carbonyl (C=O) groups is 2. The largest absolute Gasteiger partial charge is 0.378 e. The molecule has 0 N–H and O–H groups in total. The highest BCUT2D eigenvalue weighted by atomic mass is 35.5. The Kier molecular flexibility index (Phi) is 16.7. The molecule has 3 atom stereocenters. The average Bonchev–Trinajstić information content (AvgIpc) is 4.26. The van der Waals surface area contributed by atoms with Gasteiger partial charge in [-0.3, -0.25) is 18.7 Å². The monoisotopic (exact) mass is 1200 g/mol. The minimum Gasteiger partial charge on any atom is -0.378 e. The van der Waals surface area contributed by atoms with Crippen LogP contribution in [0.25, 0.3) is 0 Å². The average molecular weight is 1200 g/mol. The molecule has 1 unspecified atom stereocenters. The Hall–Kier alpha value is -5.64. The zero-order valence-corrected chi connectivity index (χ0v) is 47.4. The van der Waals surface area contributed by atoms with Crippen LogP contribution in [0.5, 0.6) is 0 Å². The Morgan fingerprint density at radius 3 is 1.70 bits per heavy atom. The minimum atomic E-state index is -4.68. The number of aryl methyl sites for hydroxylation is 2. The van der Waals surface area contributed by atoms with E-state index < -0.39 is 52.0 Å². The van der Waals surface area contributed by atoms with Gasteiger partial charge in [0.2, 0.25) is 11.0 Å². The van der Waals surface area contributed by atoms with Crippen molar-refractivity contribution < 1.29 is 52.2 Å². The number of carbonyl (C=O) groups excluding carboxylic acids is 2. The third-order valence-electron chi connectivity index (χ3n) is 12.8. The Morgan fingerprint density at radius 1 is 0.623 bits per heavy atom. The van der Waals surface area contributed by atoms with Crippen LogP contribution in [-0.2, 0) is 64.3 Å². The second-order valence-electron chi connectivity index (χ2n) is 18.0. The summed E-state index contributed by atoms with van der Waals surface area (Å²) < 4.78 is 117. The number of sulfone groups is 1. The first kappa shape index (κ1) is 56.1.